The Hall–Kier alpha value is -4.83. The predicted octanol–water partition coefficient (Wildman–Crippen LogP) is 7.54. The molecule has 9 N–H and O–H groups in total. The summed E-state index contributed by atoms with van der Waals surface area (Å²) in [6.45, 7) is 2.04. The van der Waals surface area contributed by atoms with E-state index >= 15 is 0 Å². The number of aliphatic hydroxyl groups is 2. The van der Waals surface area contributed by atoms with Crippen LogP contribution in [0.15, 0.2) is 53.8 Å². The van der Waals surface area contributed by atoms with Gasteiger partial charge in [-0.1, -0.05) is 64.3 Å². The van der Waals surface area contributed by atoms with Crippen molar-refractivity contribution >= 4 is 33.6 Å². The highest BCUT2D eigenvalue weighted by atomic mass is 33.1. The van der Waals surface area contributed by atoms with E-state index in [4.69, 9.17) is 29.4 Å². The summed E-state index contributed by atoms with van der Waals surface area (Å²) in [6.07, 6.45) is 16.4. The van der Waals surface area contributed by atoms with E-state index in [1.807, 2.05) is 33.7 Å². The molecule has 10 atom stereocenters. The Kier molecular flexibility index (Phi) is 15.3. The van der Waals surface area contributed by atoms with Gasteiger partial charge in [0.2, 0.25) is 0 Å². The Balaban J connectivity index is 1.15. The van der Waals surface area contributed by atoms with Crippen LogP contribution >= 0.6 is 21.6 Å². The van der Waals surface area contributed by atoms with Gasteiger partial charge in [0, 0.05) is 109 Å². The third kappa shape index (κ3) is 10.0. The number of allylic oxidation sites excluding steroid dienone is 3. The smallest absolute Gasteiger partial charge is 0.302 e. The van der Waals surface area contributed by atoms with Crippen molar-refractivity contribution in [3.8, 4) is 51.7 Å². The molecule has 0 radical (unpaired) electrons. The second kappa shape index (κ2) is 22.0. The number of esters is 1. The summed E-state index contributed by atoms with van der Waals surface area (Å²) in [5.41, 5.74) is 15.5. The molecule has 3 aromatic rings. The molecule has 74 heavy (non-hydrogen) atoms. The number of ether oxygens (including phenoxy) is 5. The van der Waals surface area contributed by atoms with Crippen LogP contribution in [0.25, 0.3) is 17.2 Å². The van der Waals surface area contributed by atoms with Crippen LogP contribution in [0, 0.1) is 29.6 Å². The molecule has 1 spiro atoms. The number of nitrogens with one attached hydrogen (secondary N) is 3. The molecular formula is C58H70N4O10S2. The number of rotatable bonds is 12. The van der Waals surface area contributed by atoms with Crippen LogP contribution in [0.5, 0.6) is 28.7 Å². The molecule has 3 aliphatic carbocycles. The average molecular weight is 1050 g/mol. The van der Waals surface area contributed by atoms with E-state index in [-0.39, 0.29) is 61.7 Å². The van der Waals surface area contributed by atoms with Gasteiger partial charge >= 0.3 is 5.97 Å². The maximum absolute atomic E-state index is 13.0. The van der Waals surface area contributed by atoms with Crippen LogP contribution in [0.1, 0.15) is 116 Å². The third-order valence-corrected chi connectivity index (χ3v) is 19.5. The van der Waals surface area contributed by atoms with Gasteiger partial charge in [-0.25, -0.2) is 0 Å². The number of hydrogen-bond donors (Lipinski definition) is 8. The second-order valence-corrected chi connectivity index (χ2v) is 24.3. The lowest BCUT2D eigenvalue weighted by molar-refractivity contribution is -0.141. The largest absolute Gasteiger partial charge is 0.508 e. The van der Waals surface area contributed by atoms with Crippen molar-refractivity contribution < 1.29 is 48.9 Å². The number of hydrogen-bond acceptors (Lipinski definition) is 16. The summed E-state index contributed by atoms with van der Waals surface area (Å²) < 4.78 is 32.4. The van der Waals surface area contributed by atoms with E-state index in [9.17, 15) is 25.2 Å². The monoisotopic (exact) mass is 1050 g/mol. The standard InChI is InChI=1S/C58H70N4O10S2/c1-32(65)69-28-45-41-10-11-42-51-37(21-39(66)22-48(51)70-31-64)24-58-17-15-33(23-58)19-36-9-14-50(59)62-46(36)8-4-7-40-44(26-60-25-35(27-63)16-18-68-2)54(67)57-43(52(40)55(45)72-56(41)53(42)58)12-13-47-49(71-57)30-74-73-29-34-5-3-6-38(20-34)61-47/h9-14,21-22,33-35,38,45,47,49-50,55,60-64,66-67H,3,5-7,15-20,23-31,59H2,1-2H3/t33-,34-,35+,38+,45+,47+,49-,50?,55+,58-/m1/s1. The van der Waals surface area contributed by atoms with Crippen LogP contribution in [-0.2, 0) is 39.1 Å². The first-order chi connectivity index (χ1) is 36.0. The minimum atomic E-state index is -0.748. The number of aliphatic hydroxyl groups excluding tert-OH is 2. The number of phenolic OH excluding ortho intramolecular Hbond substituents is 2. The topological polar surface area (TPSA) is 206 Å². The molecule has 3 fully saturated rings. The minimum Gasteiger partial charge on any atom is -0.508 e. The molecule has 0 aromatic heterocycles. The van der Waals surface area contributed by atoms with Crippen molar-refractivity contribution in [1.29, 1.82) is 0 Å². The number of dihydropyridines is 1. The first kappa shape index (κ1) is 51.3. The summed E-state index contributed by atoms with van der Waals surface area (Å²) in [5.74, 6) is 10.4. The van der Waals surface area contributed by atoms with Gasteiger partial charge in [0.05, 0.1) is 23.8 Å². The normalized spacial score (nSPS) is 28.6. The molecule has 1 unspecified atom stereocenters. The second-order valence-electron chi connectivity index (χ2n) is 21.7. The summed E-state index contributed by atoms with van der Waals surface area (Å²) in [6, 6.07) is 7.78. The lowest BCUT2D eigenvalue weighted by Crippen LogP contribution is -2.49. The van der Waals surface area contributed by atoms with E-state index < -0.39 is 36.4 Å². The van der Waals surface area contributed by atoms with Gasteiger partial charge < -0.3 is 65.8 Å². The van der Waals surface area contributed by atoms with Crippen molar-refractivity contribution in [2.45, 2.75) is 126 Å². The third-order valence-electron chi connectivity index (χ3n) is 16.9. The van der Waals surface area contributed by atoms with Crippen LogP contribution in [0.2, 0.25) is 0 Å². The first-order valence-electron chi connectivity index (χ1n) is 26.6. The van der Waals surface area contributed by atoms with Crippen LogP contribution < -0.4 is 35.9 Å². The fourth-order valence-corrected chi connectivity index (χ4v) is 16.2. The maximum atomic E-state index is 13.0. The van der Waals surface area contributed by atoms with E-state index in [1.165, 1.54) is 19.8 Å². The zero-order valence-electron chi connectivity index (χ0n) is 42.4. The van der Waals surface area contributed by atoms with Crippen molar-refractivity contribution in [1.82, 2.24) is 16.0 Å². The quantitative estimate of drug-likeness (QED) is 0.0382. The van der Waals surface area contributed by atoms with Gasteiger partial charge in [-0.15, -0.1) is 0 Å². The number of carbonyl (C=O) groups excluding carboxylic acids is 1. The molecule has 8 aliphatic rings. The highest BCUT2D eigenvalue weighted by Crippen LogP contribution is 2.63. The fourth-order valence-electron chi connectivity index (χ4n) is 13.5. The van der Waals surface area contributed by atoms with Gasteiger partial charge in [-0.2, -0.15) is 0 Å². The number of fused-ring (bicyclic) bond motifs is 11. The first-order valence-corrected chi connectivity index (χ1v) is 29.1. The Morgan fingerprint density at radius 3 is 2.78 bits per heavy atom. The highest BCUT2D eigenvalue weighted by molar-refractivity contribution is 8.76. The molecule has 6 bridgehead atoms. The van der Waals surface area contributed by atoms with Gasteiger partial charge in [0.1, 0.15) is 36.1 Å². The predicted molar refractivity (Wildman–Crippen MR) is 288 cm³/mol. The molecule has 5 aliphatic heterocycles. The zero-order valence-corrected chi connectivity index (χ0v) is 44.0. The van der Waals surface area contributed by atoms with Crippen LogP contribution in [0.3, 0.4) is 0 Å². The fraction of sp³-hybridized carbons (Fsp3) is 0.534. The number of phenols is 2. The molecule has 11 rings (SSSR count). The molecule has 394 valence electrons. The number of aromatic hydroxyl groups is 2. The SMILES string of the molecule is COCC[C@H](CO)CNCc1c(O)c2c(c3c1CC#CC1=C(C=CC(N)N1)C[C@H]1CC[C@]4(Cc5cc(O)cc(OCO)c5-c5ccc6c(c54)O[C@H]3[C@H]6COC(C)=O)C1)C=C[C@@H]1N[C@H]3CCC[C@@H](CSSC[C@H]1O2)C3. The van der Waals surface area contributed by atoms with Crippen LogP contribution in [0.4, 0.5) is 0 Å². The van der Waals surface area contributed by atoms with E-state index in [1.54, 1.807) is 13.2 Å². The summed E-state index contributed by atoms with van der Waals surface area (Å²) >= 11 is 0. The Labute approximate surface area is 442 Å². The van der Waals surface area contributed by atoms with Gasteiger partial charge in [0.25, 0.3) is 0 Å². The molecule has 5 heterocycles. The number of benzene rings is 3. The highest BCUT2D eigenvalue weighted by Gasteiger charge is 2.52. The molecule has 3 aromatic carbocycles. The van der Waals surface area contributed by atoms with Crippen molar-refractivity contribution in [2.75, 3.05) is 51.8 Å². The zero-order chi connectivity index (χ0) is 51.1. The Bertz CT molecular complexity index is 2810. The molecule has 0 amide bonds. The lowest BCUT2D eigenvalue weighted by atomic mass is 9.65. The van der Waals surface area contributed by atoms with E-state index in [0.29, 0.717) is 66.3 Å². The van der Waals surface area contributed by atoms with E-state index in [2.05, 4.69) is 58.2 Å². The number of nitrogens with two attached hydrogens (primary N) is 1. The van der Waals surface area contributed by atoms with Crippen molar-refractivity contribution in [2.24, 2.45) is 23.5 Å². The Morgan fingerprint density at radius 1 is 1.07 bits per heavy atom. The van der Waals surface area contributed by atoms with Gasteiger partial charge in [0.15, 0.2) is 18.3 Å². The lowest BCUT2D eigenvalue weighted by Gasteiger charge is -2.39. The molecule has 16 heteroatoms. The molecular weight excluding hydrogens is 977 g/mol. The minimum absolute atomic E-state index is 0.0231. The maximum Gasteiger partial charge on any atom is 0.302 e. The summed E-state index contributed by atoms with van der Waals surface area (Å²) in [4.78, 5) is 13.0. The van der Waals surface area contributed by atoms with Gasteiger partial charge in [-0.3, -0.25) is 4.79 Å². The number of methoxy groups -OCH3 is 1. The Morgan fingerprint density at radius 2 is 1.95 bits per heavy atom. The number of carbonyl (C=O) groups is 1. The molecule has 2 saturated carbocycles. The average Bonchev–Trinajstić information content (AvgIpc) is 3.92. The van der Waals surface area contributed by atoms with Crippen molar-refractivity contribution in [3.05, 3.63) is 92.7 Å². The van der Waals surface area contributed by atoms with Crippen LogP contribution in [-0.4, -0.2) is 103 Å². The summed E-state index contributed by atoms with van der Waals surface area (Å²) in [5, 5.41) is 55.9. The summed E-state index contributed by atoms with van der Waals surface area (Å²) in [7, 11) is 5.40. The van der Waals surface area contributed by atoms with Gasteiger partial charge in [-0.05, 0) is 116 Å². The van der Waals surface area contributed by atoms with Crippen molar-refractivity contribution in [3.63, 3.8) is 0 Å². The van der Waals surface area contributed by atoms with E-state index in [0.717, 1.165) is 100 Å². The molecule has 14 nitrogen and oxygen atoms in total. The molecule has 1 saturated heterocycles.